The molecule has 0 unspecified atom stereocenters. The van der Waals surface area contributed by atoms with Crippen LogP contribution < -0.4 is 5.32 Å². The van der Waals surface area contributed by atoms with E-state index in [1.807, 2.05) is 24.0 Å². The largest absolute Gasteiger partial charge is 0.369 e. The van der Waals surface area contributed by atoms with Crippen LogP contribution in [0.4, 0.5) is 10.2 Å². The number of nitrogens with one attached hydrogen (secondary N) is 1. The molecule has 1 amide bonds. The van der Waals surface area contributed by atoms with Gasteiger partial charge in [-0.25, -0.2) is 4.39 Å². The Bertz CT molecular complexity index is 810. The molecule has 4 rings (SSSR count). The van der Waals surface area contributed by atoms with Crippen LogP contribution >= 0.6 is 0 Å². The lowest BCUT2D eigenvalue weighted by Gasteiger charge is -2.28. The average molecular weight is 340 g/mol. The standard InChI is InChI=1S/C19H21FN4O/c1-2-21-18-9-12-11-24(8-7-17(12)22-23-18)19(25)15-10-14(15)13-5-3-4-6-16(13)20/h3-6,9,14-15H,2,7-8,10-11H2,1H3,(H,21,23)/t14-,15+/m1/s1. The van der Waals surface area contributed by atoms with E-state index in [0.717, 1.165) is 36.5 Å². The summed E-state index contributed by atoms with van der Waals surface area (Å²) in [6, 6.07) is 8.75. The maximum Gasteiger partial charge on any atom is 0.226 e. The van der Waals surface area contributed by atoms with E-state index in [4.69, 9.17) is 0 Å². The van der Waals surface area contributed by atoms with Crippen molar-refractivity contribution in [2.75, 3.05) is 18.4 Å². The molecule has 0 bridgehead atoms. The normalized spacial score (nSPS) is 21.6. The Morgan fingerprint density at radius 1 is 1.36 bits per heavy atom. The molecule has 1 N–H and O–H groups in total. The topological polar surface area (TPSA) is 58.1 Å². The molecule has 2 aliphatic rings. The first-order chi connectivity index (χ1) is 12.2. The molecule has 1 aromatic carbocycles. The third-order valence-corrected chi connectivity index (χ3v) is 5.02. The summed E-state index contributed by atoms with van der Waals surface area (Å²) in [4.78, 5) is 14.7. The number of amides is 1. The lowest BCUT2D eigenvalue weighted by molar-refractivity contribution is -0.133. The van der Waals surface area contributed by atoms with Crippen molar-refractivity contribution in [3.8, 4) is 0 Å². The molecule has 1 aromatic heterocycles. The predicted octanol–water partition coefficient (Wildman–Crippen LogP) is 2.74. The SMILES string of the molecule is CCNc1cc2c(nn1)CCN(C(=O)[C@H]1C[C@@H]1c1ccccc1F)C2. The number of benzene rings is 1. The van der Waals surface area contributed by atoms with E-state index in [1.165, 1.54) is 6.07 Å². The van der Waals surface area contributed by atoms with Crippen molar-refractivity contribution in [2.24, 2.45) is 5.92 Å². The van der Waals surface area contributed by atoms with E-state index < -0.39 is 0 Å². The summed E-state index contributed by atoms with van der Waals surface area (Å²) < 4.78 is 13.9. The Kier molecular flexibility index (Phi) is 4.11. The maximum absolute atomic E-state index is 13.9. The minimum atomic E-state index is -0.211. The van der Waals surface area contributed by atoms with Gasteiger partial charge in [0.25, 0.3) is 0 Å². The van der Waals surface area contributed by atoms with Gasteiger partial charge in [0.2, 0.25) is 5.91 Å². The summed E-state index contributed by atoms with van der Waals surface area (Å²) in [6.07, 6.45) is 1.46. The van der Waals surface area contributed by atoms with Gasteiger partial charge in [-0.2, -0.15) is 5.10 Å². The molecule has 1 aliphatic heterocycles. The minimum Gasteiger partial charge on any atom is -0.369 e. The first-order valence-electron chi connectivity index (χ1n) is 8.80. The van der Waals surface area contributed by atoms with Crippen LogP contribution in [0.5, 0.6) is 0 Å². The lowest BCUT2D eigenvalue weighted by Crippen LogP contribution is -2.37. The van der Waals surface area contributed by atoms with Gasteiger partial charge in [-0.3, -0.25) is 4.79 Å². The highest BCUT2D eigenvalue weighted by Crippen LogP contribution is 2.49. The first kappa shape index (κ1) is 16.0. The second-order valence-electron chi connectivity index (χ2n) is 6.71. The van der Waals surface area contributed by atoms with Crippen molar-refractivity contribution in [3.05, 3.63) is 53.0 Å². The van der Waals surface area contributed by atoms with Crippen molar-refractivity contribution in [1.29, 1.82) is 0 Å². The third-order valence-electron chi connectivity index (χ3n) is 5.02. The van der Waals surface area contributed by atoms with Gasteiger partial charge < -0.3 is 10.2 Å². The molecule has 0 radical (unpaired) electrons. The molecular formula is C19H21FN4O. The van der Waals surface area contributed by atoms with Crippen molar-refractivity contribution < 1.29 is 9.18 Å². The van der Waals surface area contributed by atoms with Crippen molar-refractivity contribution in [3.63, 3.8) is 0 Å². The van der Waals surface area contributed by atoms with E-state index in [-0.39, 0.29) is 23.6 Å². The van der Waals surface area contributed by atoms with Crippen molar-refractivity contribution in [2.45, 2.75) is 32.2 Å². The smallest absolute Gasteiger partial charge is 0.226 e. The number of anilines is 1. The first-order valence-corrected chi connectivity index (χ1v) is 8.80. The molecule has 25 heavy (non-hydrogen) atoms. The summed E-state index contributed by atoms with van der Waals surface area (Å²) in [5.41, 5.74) is 2.68. The Morgan fingerprint density at radius 3 is 3.00 bits per heavy atom. The highest BCUT2D eigenvalue weighted by atomic mass is 19.1. The van der Waals surface area contributed by atoms with Crippen LogP contribution in [0.2, 0.25) is 0 Å². The van der Waals surface area contributed by atoms with Gasteiger partial charge in [0.15, 0.2) is 0 Å². The highest BCUT2D eigenvalue weighted by molar-refractivity contribution is 5.83. The summed E-state index contributed by atoms with van der Waals surface area (Å²) in [7, 11) is 0. The zero-order chi connectivity index (χ0) is 17.4. The minimum absolute atomic E-state index is 0.0166. The number of halogens is 1. The van der Waals surface area contributed by atoms with Crippen LogP contribution in [0.15, 0.2) is 30.3 Å². The fourth-order valence-corrected chi connectivity index (χ4v) is 3.61. The number of carbonyl (C=O) groups excluding carboxylic acids is 1. The zero-order valence-corrected chi connectivity index (χ0v) is 14.2. The van der Waals surface area contributed by atoms with E-state index >= 15 is 0 Å². The monoisotopic (exact) mass is 340 g/mol. The van der Waals surface area contributed by atoms with Gasteiger partial charge >= 0.3 is 0 Å². The summed E-state index contributed by atoms with van der Waals surface area (Å²) >= 11 is 0. The van der Waals surface area contributed by atoms with Gasteiger partial charge in [0.05, 0.1) is 5.69 Å². The molecule has 2 aromatic rings. The van der Waals surface area contributed by atoms with Crippen molar-refractivity contribution in [1.82, 2.24) is 15.1 Å². The van der Waals surface area contributed by atoms with E-state index in [2.05, 4.69) is 15.5 Å². The van der Waals surface area contributed by atoms with Crippen molar-refractivity contribution >= 4 is 11.7 Å². The second kappa shape index (κ2) is 6.43. The number of fused-ring (bicyclic) bond motifs is 1. The van der Waals surface area contributed by atoms with Gasteiger partial charge in [0.1, 0.15) is 11.6 Å². The molecule has 1 fully saturated rings. The van der Waals surface area contributed by atoms with Gasteiger partial charge in [0, 0.05) is 32.0 Å². The molecule has 2 atom stereocenters. The predicted molar refractivity (Wildman–Crippen MR) is 92.6 cm³/mol. The van der Waals surface area contributed by atoms with Gasteiger partial charge in [-0.05, 0) is 42.5 Å². The fourth-order valence-electron chi connectivity index (χ4n) is 3.61. The van der Waals surface area contributed by atoms with Crippen LogP contribution in [0.1, 0.15) is 36.1 Å². The Labute approximate surface area is 146 Å². The quantitative estimate of drug-likeness (QED) is 0.930. The Morgan fingerprint density at radius 2 is 2.20 bits per heavy atom. The number of hydrogen-bond acceptors (Lipinski definition) is 4. The second-order valence-corrected chi connectivity index (χ2v) is 6.71. The third kappa shape index (κ3) is 3.08. The maximum atomic E-state index is 13.9. The Hall–Kier alpha value is -2.50. The van der Waals surface area contributed by atoms with Crippen LogP contribution in [0, 0.1) is 11.7 Å². The fraction of sp³-hybridized carbons (Fsp3) is 0.421. The molecule has 6 heteroatoms. The average Bonchev–Trinajstić information content (AvgIpc) is 3.41. The summed E-state index contributed by atoms with van der Waals surface area (Å²) in [5, 5.41) is 11.6. The molecule has 0 spiro atoms. The Balaban J connectivity index is 1.46. The summed E-state index contributed by atoms with van der Waals surface area (Å²) in [6.45, 7) is 4.00. The van der Waals surface area contributed by atoms with E-state index in [0.29, 0.717) is 18.7 Å². The highest BCUT2D eigenvalue weighted by Gasteiger charge is 2.47. The number of nitrogens with zero attached hydrogens (tertiary/aromatic N) is 3. The van der Waals surface area contributed by atoms with E-state index in [1.54, 1.807) is 12.1 Å². The number of carbonyl (C=O) groups is 1. The van der Waals surface area contributed by atoms with Crippen LogP contribution in [-0.4, -0.2) is 34.1 Å². The number of hydrogen-bond donors (Lipinski definition) is 1. The summed E-state index contributed by atoms with van der Waals surface area (Å²) in [5.74, 6) is 0.578. The van der Waals surface area contributed by atoms with Crippen LogP contribution in [0.25, 0.3) is 0 Å². The number of rotatable bonds is 4. The van der Waals surface area contributed by atoms with Crippen LogP contribution in [-0.2, 0) is 17.8 Å². The molecule has 2 heterocycles. The number of aromatic nitrogens is 2. The molecule has 130 valence electrons. The molecule has 0 saturated heterocycles. The zero-order valence-electron chi connectivity index (χ0n) is 14.2. The molecule has 5 nitrogen and oxygen atoms in total. The lowest BCUT2D eigenvalue weighted by atomic mass is 10.0. The van der Waals surface area contributed by atoms with E-state index in [9.17, 15) is 9.18 Å². The molecule has 1 aliphatic carbocycles. The molecular weight excluding hydrogens is 319 g/mol. The van der Waals surface area contributed by atoms with Gasteiger partial charge in [-0.15, -0.1) is 5.10 Å². The van der Waals surface area contributed by atoms with Gasteiger partial charge in [-0.1, -0.05) is 18.2 Å². The molecule has 1 saturated carbocycles. The van der Waals surface area contributed by atoms with Crippen LogP contribution in [0.3, 0.4) is 0 Å².